The van der Waals surface area contributed by atoms with Gasteiger partial charge in [-0.25, -0.2) is 0 Å². The number of nitroso groups, excluding NO2 is 1. The van der Waals surface area contributed by atoms with Gasteiger partial charge in [0, 0.05) is 13.5 Å². The molecule has 0 saturated heterocycles. The molecule has 0 aromatic rings. The van der Waals surface area contributed by atoms with Crippen molar-refractivity contribution in [2.24, 2.45) is 5.29 Å². The summed E-state index contributed by atoms with van der Waals surface area (Å²) in [5.74, 6) is 0.186. The summed E-state index contributed by atoms with van der Waals surface area (Å²) in [6, 6.07) is 0. The largest absolute Gasteiger partial charge is 0.300 e. The average molecular weight is 256 g/mol. The lowest BCUT2D eigenvalue weighted by Crippen LogP contribution is -2.38. The maximum atomic E-state index is 10.7. The molecule has 0 spiro atoms. The summed E-state index contributed by atoms with van der Waals surface area (Å²) in [4.78, 5) is 31.0. The predicted octanol–water partition coefficient (Wildman–Crippen LogP) is 2.90. The number of nitrogens with zero attached hydrogens (tertiary/aromatic N) is 2. The highest BCUT2D eigenvalue weighted by molar-refractivity contribution is 5.87. The molecular weight excluding hydrogens is 232 g/mol. The Kier molecular flexibility index (Phi) is 8.95. The van der Waals surface area contributed by atoms with E-state index in [1.54, 1.807) is 33.9 Å². The van der Waals surface area contributed by atoms with Gasteiger partial charge in [-0.15, -0.1) is 4.91 Å². The molecule has 0 aromatic heterocycles. The molecule has 0 heterocycles. The number of allylic oxidation sites excluding steroid dienone is 2. The van der Waals surface area contributed by atoms with Crippen LogP contribution in [0.4, 0.5) is 0 Å². The number of Topliss-reactive ketones (excluding diaryl/α,β-unsaturated/α-hetero) is 1. The smallest absolute Gasteiger partial charge is 0.152 e. The van der Waals surface area contributed by atoms with E-state index >= 15 is 0 Å². The summed E-state index contributed by atoms with van der Waals surface area (Å²) in [7, 11) is 1.57. The molecule has 0 aliphatic heterocycles. The van der Waals surface area contributed by atoms with Crippen LogP contribution in [-0.2, 0) is 9.59 Å². The lowest BCUT2D eigenvalue weighted by molar-refractivity contribution is -0.119. The molecule has 5 nitrogen and oxygen atoms in total. The zero-order valence-corrected chi connectivity index (χ0v) is 12.4. The molecule has 0 radical (unpaired) electrons. The van der Waals surface area contributed by atoms with Crippen molar-refractivity contribution in [1.29, 1.82) is 0 Å². The van der Waals surface area contributed by atoms with Crippen LogP contribution in [0.15, 0.2) is 16.9 Å². The van der Waals surface area contributed by atoms with Crippen molar-refractivity contribution in [1.82, 2.24) is 5.01 Å². The highest BCUT2D eigenvalue weighted by Gasteiger charge is 2.25. The van der Waals surface area contributed by atoms with Gasteiger partial charge < -0.3 is 0 Å². The van der Waals surface area contributed by atoms with Crippen LogP contribution < -0.4 is 0 Å². The van der Waals surface area contributed by atoms with Crippen molar-refractivity contribution < 1.29 is 9.59 Å². The first-order chi connectivity index (χ1) is 8.02. The third-order valence-corrected chi connectivity index (χ3v) is 2.17. The van der Waals surface area contributed by atoms with Gasteiger partial charge in [-0.05, 0) is 47.6 Å². The van der Waals surface area contributed by atoms with Crippen molar-refractivity contribution in [2.75, 3.05) is 7.05 Å². The summed E-state index contributed by atoms with van der Waals surface area (Å²) in [5, 5.41) is 4.00. The maximum Gasteiger partial charge on any atom is 0.152 e. The highest BCUT2D eigenvalue weighted by atomic mass is 16.3. The third kappa shape index (κ3) is 11.0. The number of hydrogen-bond donors (Lipinski definition) is 0. The second kappa shape index (κ2) is 8.55. The van der Waals surface area contributed by atoms with Crippen LogP contribution in [0.5, 0.6) is 0 Å². The SMILES string of the molecule is CC(=O)C=C(C)C.CC(=O)CC(C)(C)N(C)N=O. The van der Waals surface area contributed by atoms with Gasteiger partial charge in [0.15, 0.2) is 5.78 Å². The van der Waals surface area contributed by atoms with Crippen LogP contribution in [-0.4, -0.2) is 29.2 Å². The minimum absolute atomic E-state index is 0.0606. The highest BCUT2D eigenvalue weighted by Crippen LogP contribution is 2.16. The first-order valence-electron chi connectivity index (χ1n) is 5.75. The number of rotatable bonds is 5. The van der Waals surface area contributed by atoms with Gasteiger partial charge in [-0.2, -0.15) is 0 Å². The van der Waals surface area contributed by atoms with Crippen LogP contribution in [0, 0.1) is 4.91 Å². The van der Waals surface area contributed by atoms with E-state index in [0.29, 0.717) is 6.42 Å². The molecule has 0 amide bonds. The topological polar surface area (TPSA) is 66.8 Å². The van der Waals surface area contributed by atoms with Gasteiger partial charge in [0.05, 0.1) is 10.8 Å². The van der Waals surface area contributed by atoms with Crippen LogP contribution in [0.1, 0.15) is 48.0 Å². The molecule has 0 aromatic carbocycles. The minimum atomic E-state index is -0.465. The first-order valence-corrected chi connectivity index (χ1v) is 5.75. The van der Waals surface area contributed by atoms with E-state index in [4.69, 9.17) is 0 Å². The standard InChI is InChI=1S/C7H14N2O2.C6H10O/c1-6(10)5-7(2,3)9(4)8-11;1-5(2)4-6(3)7/h5H2,1-4H3;4H,1-3H3. The van der Waals surface area contributed by atoms with E-state index in [-0.39, 0.29) is 11.6 Å². The molecule has 0 aliphatic rings. The van der Waals surface area contributed by atoms with E-state index in [0.717, 1.165) is 5.57 Å². The van der Waals surface area contributed by atoms with Crippen LogP contribution in [0.25, 0.3) is 0 Å². The van der Waals surface area contributed by atoms with Crippen LogP contribution in [0.3, 0.4) is 0 Å². The molecule has 18 heavy (non-hydrogen) atoms. The number of carbonyl (C=O) groups is 2. The van der Waals surface area contributed by atoms with Crippen molar-refractivity contribution in [3.63, 3.8) is 0 Å². The number of hydrogen-bond acceptors (Lipinski definition) is 4. The quantitative estimate of drug-likeness (QED) is 0.431. The zero-order chi connectivity index (χ0) is 14.9. The van der Waals surface area contributed by atoms with Crippen molar-refractivity contribution in [3.8, 4) is 0 Å². The fraction of sp³-hybridized carbons (Fsp3) is 0.692. The molecule has 104 valence electrons. The maximum absolute atomic E-state index is 10.7. The summed E-state index contributed by atoms with van der Waals surface area (Å²) in [5.41, 5.74) is 0.598. The molecule has 0 bridgehead atoms. The Hall–Kier alpha value is -1.52. The van der Waals surface area contributed by atoms with Crippen molar-refractivity contribution in [2.45, 2.75) is 53.5 Å². The molecule has 0 fully saturated rings. The van der Waals surface area contributed by atoms with Gasteiger partial charge in [0.1, 0.15) is 5.78 Å². The Labute approximate surface area is 109 Å². The van der Waals surface area contributed by atoms with Gasteiger partial charge in [-0.3, -0.25) is 14.6 Å². The Morgan fingerprint density at radius 3 is 1.78 bits per heavy atom. The molecular formula is C13H24N2O3. The summed E-state index contributed by atoms with van der Waals surface area (Å²) >= 11 is 0. The van der Waals surface area contributed by atoms with E-state index < -0.39 is 5.54 Å². The van der Waals surface area contributed by atoms with E-state index in [2.05, 4.69) is 5.29 Å². The van der Waals surface area contributed by atoms with Crippen molar-refractivity contribution >= 4 is 11.6 Å². The minimum Gasteiger partial charge on any atom is -0.300 e. The Morgan fingerprint density at radius 2 is 1.61 bits per heavy atom. The molecule has 0 atom stereocenters. The van der Waals surface area contributed by atoms with Crippen LogP contribution >= 0.6 is 0 Å². The Morgan fingerprint density at radius 1 is 1.17 bits per heavy atom. The molecule has 0 N–H and O–H groups in total. The summed E-state index contributed by atoms with van der Waals surface area (Å²) in [6.45, 7) is 10.5. The fourth-order valence-corrected chi connectivity index (χ4v) is 1.24. The summed E-state index contributed by atoms with van der Waals surface area (Å²) in [6.07, 6.45) is 1.95. The Balaban J connectivity index is 0. The second-order valence-corrected chi connectivity index (χ2v) is 5.13. The lowest BCUT2D eigenvalue weighted by Gasteiger charge is -2.29. The molecule has 0 rings (SSSR count). The fourth-order valence-electron chi connectivity index (χ4n) is 1.24. The van der Waals surface area contributed by atoms with Gasteiger partial charge >= 0.3 is 0 Å². The monoisotopic (exact) mass is 256 g/mol. The molecule has 0 unspecified atom stereocenters. The predicted molar refractivity (Wildman–Crippen MR) is 73.0 cm³/mol. The van der Waals surface area contributed by atoms with Gasteiger partial charge in [0.25, 0.3) is 0 Å². The van der Waals surface area contributed by atoms with Crippen LogP contribution in [0.2, 0.25) is 0 Å². The third-order valence-electron chi connectivity index (χ3n) is 2.17. The lowest BCUT2D eigenvalue weighted by atomic mass is 9.98. The summed E-state index contributed by atoms with van der Waals surface area (Å²) < 4.78 is 0. The van der Waals surface area contributed by atoms with E-state index in [1.165, 1.54) is 11.9 Å². The van der Waals surface area contributed by atoms with Crippen molar-refractivity contribution in [3.05, 3.63) is 16.6 Å². The molecule has 0 aliphatic carbocycles. The molecule has 0 saturated carbocycles. The second-order valence-electron chi connectivity index (χ2n) is 5.13. The zero-order valence-electron chi connectivity index (χ0n) is 12.4. The van der Waals surface area contributed by atoms with Gasteiger partial charge in [0.2, 0.25) is 0 Å². The number of carbonyl (C=O) groups excluding carboxylic acids is 2. The van der Waals surface area contributed by atoms with E-state index in [1.807, 2.05) is 13.8 Å². The normalized spacial score (nSPS) is 9.72. The Bertz CT molecular complexity index is 329. The number of ketones is 2. The molecule has 5 heteroatoms. The first kappa shape index (κ1) is 18.8. The van der Waals surface area contributed by atoms with E-state index in [9.17, 15) is 14.5 Å². The van der Waals surface area contributed by atoms with Gasteiger partial charge in [-0.1, -0.05) is 5.57 Å². The average Bonchev–Trinajstić information content (AvgIpc) is 2.12.